The lowest BCUT2D eigenvalue weighted by molar-refractivity contribution is -0.141. The van der Waals surface area contributed by atoms with E-state index in [2.05, 4.69) is 4.90 Å². The molecule has 0 saturated carbocycles. The van der Waals surface area contributed by atoms with Gasteiger partial charge in [0.05, 0.1) is 13.2 Å². The van der Waals surface area contributed by atoms with Crippen LogP contribution >= 0.6 is 0 Å². The molecular formula is C18H25N3O3. The van der Waals surface area contributed by atoms with Crippen LogP contribution in [0.4, 0.5) is 0 Å². The lowest BCUT2D eigenvalue weighted by Crippen LogP contribution is -2.48. The fourth-order valence-electron chi connectivity index (χ4n) is 3.64. The van der Waals surface area contributed by atoms with Gasteiger partial charge in [0.15, 0.2) is 0 Å². The number of ether oxygens (including phenoxy) is 1. The average molecular weight is 331 g/mol. The van der Waals surface area contributed by atoms with Crippen molar-refractivity contribution >= 4 is 11.8 Å². The summed E-state index contributed by atoms with van der Waals surface area (Å²) in [5, 5.41) is 0. The van der Waals surface area contributed by atoms with E-state index in [1.54, 1.807) is 0 Å². The summed E-state index contributed by atoms with van der Waals surface area (Å²) in [5.74, 6) is -0.0592. The number of rotatable bonds is 4. The highest BCUT2D eigenvalue weighted by atomic mass is 16.5. The number of carbonyl (C=O) groups is 2. The van der Waals surface area contributed by atoms with E-state index >= 15 is 0 Å². The SMILES string of the molecule is NC(=O)[C@@H](c1ccccc1)N1CCC(C(=O)N2CCOCC2)CC1. The Morgan fingerprint density at radius 3 is 2.25 bits per heavy atom. The Kier molecular flexibility index (Phi) is 5.48. The molecule has 6 nitrogen and oxygen atoms in total. The van der Waals surface area contributed by atoms with Crippen LogP contribution in [0.3, 0.4) is 0 Å². The first-order valence-electron chi connectivity index (χ1n) is 8.61. The summed E-state index contributed by atoms with van der Waals surface area (Å²) in [7, 11) is 0. The lowest BCUT2D eigenvalue weighted by Gasteiger charge is -2.38. The predicted octanol–water partition coefficient (Wildman–Crippen LogP) is 0.784. The Morgan fingerprint density at radius 1 is 1.04 bits per heavy atom. The van der Waals surface area contributed by atoms with Crippen LogP contribution in [0, 0.1) is 5.92 Å². The molecule has 24 heavy (non-hydrogen) atoms. The van der Waals surface area contributed by atoms with Crippen molar-refractivity contribution in [1.29, 1.82) is 0 Å². The number of morpholine rings is 1. The third-order valence-electron chi connectivity index (χ3n) is 4.95. The van der Waals surface area contributed by atoms with E-state index in [0.717, 1.165) is 18.4 Å². The number of nitrogens with zero attached hydrogens (tertiary/aromatic N) is 2. The molecule has 2 saturated heterocycles. The third-order valence-corrected chi connectivity index (χ3v) is 4.95. The lowest BCUT2D eigenvalue weighted by atomic mass is 9.92. The van der Waals surface area contributed by atoms with Gasteiger partial charge in [-0.1, -0.05) is 30.3 Å². The van der Waals surface area contributed by atoms with Crippen LogP contribution < -0.4 is 5.73 Å². The van der Waals surface area contributed by atoms with Gasteiger partial charge in [-0.25, -0.2) is 0 Å². The number of carbonyl (C=O) groups excluding carboxylic acids is 2. The second kappa shape index (κ2) is 7.77. The number of benzene rings is 1. The zero-order valence-corrected chi connectivity index (χ0v) is 13.9. The van der Waals surface area contributed by atoms with E-state index < -0.39 is 6.04 Å². The summed E-state index contributed by atoms with van der Waals surface area (Å²) < 4.78 is 5.31. The highest BCUT2D eigenvalue weighted by Crippen LogP contribution is 2.28. The van der Waals surface area contributed by atoms with Crippen molar-refractivity contribution in [1.82, 2.24) is 9.80 Å². The smallest absolute Gasteiger partial charge is 0.239 e. The monoisotopic (exact) mass is 331 g/mol. The number of amides is 2. The van der Waals surface area contributed by atoms with E-state index in [1.807, 2.05) is 35.2 Å². The molecule has 6 heteroatoms. The Morgan fingerprint density at radius 2 is 1.67 bits per heavy atom. The van der Waals surface area contributed by atoms with Crippen molar-refractivity contribution in [2.45, 2.75) is 18.9 Å². The normalized spacial score (nSPS) is 21.4. The fourth-order valence-corrected chi connectivity index (χ4v) is 3.64. The molecule has 130 valence electrons. The number of piperidine rings is 1. The van der Waals surface area contributed by atoms with Gasteiger partial charge in [-0.3, -0.25) is 14.5 Å². The molecule has 0 spiro atoms. The maximum Gasteiger partial charge on any atom is 0.239 e. The first-order chi connectivity index (χ1) is 11.7. The Bertz CT molecular complexity index is 564. The van der Waals surface area contributed by atoms with Crippen molar-refractivity contribution in [3.05, 3.63) is 35.9 Å². The van der Waals surface area contributed by atoms with Gasteiger partial charge >= 0.3 is 0 Å². The van der Waals surface area contributed by atoms with E-state index in [-0.39, 0.29) is 17.7 Å². The quantitative estimate of drug-likeness (QED) is 0.885. The molecule has 2 fully saturated rings. The van der Waals surface area contributed by atoms with Crippen LogP contribution in [-0.2, 0) is 14.3 Å². The van der Waals surface area contributed by atoms with Gasteiger partial charge in [-0.05, 0) is 31.5 Å². The van der Waals surface area contributed by atoms with Gasteiger partial charge in [0.25, 0.3) is 0 Å². The van der Waals surface area contributed by atoms with Crippen molar-refractivity contribution in [2.75, 3.05) is 39.4 Å². The summed E-state index contributed by atoms with van der Waals surface area (Å²) in [5.41, 5.74) is 6.56. The minimum Gasteiger partial charge on any atom is -0.378 e. The minimum absolute atomic E-state index is 0.0450. The molecule has 0 bridgehead atoms. The van der Waals surface area contributed by atoms with E-state index in [9.17, 15) is 9.59 Å². The molecule has 2 N–H and O–H groups in total. The molecule has 0 aliphatic carbocycles. The topological polar surface area (TPSA) is 75.9 Å². The summed E-state index contributed by atoms with van der Waals surface area (Å²) in [4.78, 5) is 28.6. The summed E-state index contributed by atoms with van der Waals surface area (Å²) in [6.07, 6.45) is 1.54. The van der Waals surface area contributed by atoms with E-state index in [0.29, 0.717) is 39.4 Å². The first-order valence-corrected chi connectivity index (χ1v) is 8.61. The van der Waals surface area contributed by atoms with Crippen LogP contribution in [-0.4, -0.2) is 61.0 Å². The summed E-state index contributed by atoms with van der Waals surface area (Å²) in [6, 6.07) is 9.21. The molecule has 1 atom stereocenters. The Labute approximate surface area is 142 Å². The summed E-state index contributed by atoms with van der Waals surface area (Å²) >= 11 is 0. The Balaban J connectivity index is 1.61. The predicted molar refractivity (Wildman–Crippen MR) is 90.1 cm³/mol. The van der Waals surface area contributed by atoms with Crippen LogP contribution in [0.1, 0.15) is 24.4 Å². The number of nitrogens with two attached hydrogens (primary N) is 1. The van der Waals surface area contributed by atoms with Crippen LogP contribution in [0.25, 0.3) is 0 Å². The van der Waals surface area contributed by atoms with Gasteiger partial charge < -0.3 is 15.4 Å². The number of hydrogen-bond donors (Lipinski definition) is 1. The first kappa shape index (κ1) is 16.9. The maximum absolute atomic E-state index is 12.6. The molecule has 2 heterocycles. The molecule has 1 aromatic rings. The molecule has 1 aromatic carbocycles. The molecule has 2 aliphatic rings. The van der Waals surface area contributed by atoms with Gasteiger partial charge in [0.2, 0.25) is 11.8 Å². The molecule has 0 aromatic heterocycles. The van der Waals surface area contributed by atoms with Crippen molar-refractivity contribution < 1.29 is 14.3 Å². The molecular weight excluding hydrogens is 306 g/mol. The zero-order valence-electron chi connectivity index (χ0n) is 13.9. The van der Waals surface area contributed by atoms with Gasteiger partial charge in [0.1, 0.15) is 6.04 Å². The number of primary amides is 1. The molecule has 2 amide bonds. The van der Waals surface area contributed by atoms with Crippen molar-refractivity contribution in [3.8, 4) is 0 Å². The molecule has 0 radical (unpaired) electrons. The largest absolute Gasteiger partial charge is 0.378 e. The van der Waals surface area contributed by atoms with Crippen molar-refractivity contribution in [2.24, 2.45) is 11.7 Å². The van der Waals surface area contributed by atoms with E-state index in [1.165, 1.54) is 0 Å². The number of likely N-dealkylation sites (tertiary alicyclic amines) is 1. The van der Waals surface area contributed by atoms with E-state index in [4.69, 9.17) is 10.5 Å². The van der Waals surface area contributed by atoms with Crippen LogP contribution in [0.15, 0.2) is 30.3 Å². The second-order valence-electron chi connectivity index (χ2n) is 6.46. The zero-order chi connectivity index (χ0) is 16.9. The van der Waals surface area contributed by atoms with Gasteiger partial charge in [-0.15, -0.1) is 0 Å². The second-order valence-corrected chi connectivity index (χ2v) is 6.46. The highest BCUT2D eigenvalue weighted by molar-refractivity contribution is 5.82. The third kappa shape index (κ3) is 3.76. The summed E-state index contributed by atoms with van der Waals surface area (Å²) in [6.45, 7) is 4.05. The average Bonchev–Trinajstić information content (AvgIpc) is 2.63. The molecule has 3 rings (SSSR count). The maximum atomic E-state index is 12.6. The minimum atomic E-state index is -0.411. The Hall–Kier alpha value is -1.92. The standard InChI is InChI=1S/C18H25N3O3/c19-17(22)16(14-4-2-1-3-5-14)20-8-6-15(7-9-20)18(23)21-10-12-24-13-11-21/h1-5,15-16H,6-13H2,(H2,19,22)/t16-/m1/s1. The van der Waals surface area contributed by atoms with Crippen molar-refractivity contribution in [3.63, 3.8) is 0 Å². The molecule has 2 aliphatic heterocycles. The fraction of sp³-hybridized carbons (Fsp3) is 0.556. The van der Waals surface area contributed by atoms with Crippen LogP contribution in [0.5, 0.6) is 0 Å². The van der Waals surface area contributed by atoms with Gasteiger partial charge in [-0.2, -0.15) is 0 Å². The van der Waals surface area contributed by atoms with Gasteiger partial charge in [0, 0.05) is 19.0 Å². The number of hydrogen-bond acceptors (Lipinski definition) is 4. The van der Waals surface area contributed by atoms with Crippen LogP contribution in [0.2, 0.25) is 0 Å². The highest BCUT2D eigenvalue weighted by Gasteiger charge is 2.33. The molecule has 0 unspecified atom stereocenters.